The van der Waals surface area contributed by atoms with Crippen LogP contribution in [-0.2, 0) is 10.7 Å². The minimum Gasteiger partial charge on any atom is -0.506 e. The van der Waals surface area contributed by atoms with E-state index in [1.807, 2.05) is 11.1 Å². The molecule has 0 radical (unpaired) electrons. The lowest BCUT2D eigenvalue weighted by atomic mass is 10.1. The zero-order chi connectivity index (χ0) is 24.0. The van der Waals surface area contributed by atoms with E-state index in [2.05, 4.69) is 10.3 Å². The maximum absolute atomic E-state index is 14.8. The molecule has 0 bridgehead atoms. The number of anilines is 1. The van der Waals surface area contributed by atoms with Crippen molar-refractivity contribution >= 4 is 23.0 Å². The number of hydrogen-bond donors (Lipinski definition) is 3. The summed E-state index contributed by atoms with van der Waals surface area (Å²) in [6, 6.07) is 12.1. The van der Waals surface area contributed by atoms with Crippen LogP contribution in [0.4, 0.5) is 18.9 Å². The maximum Gasteiger partial charge on any atom is 0.335 e. The highest BCUT2D eigenvalue weighted by Crippen LogP contribution is 2.34. The highest BCUT2D eigenvalue weighted by atomic mass is 19.3. The van der Waals surface area contributed by atoms with E-state index in [1.165, 1.54) is 30.3 Å². The van der Waals surface area contributed by atoms with E-state index in [1.54, 1.807) is 17.0 Å². The number of phenolic OH excluding ortho intramolecular Hbond substituents is 1. The Balaban J connectivity index is 1.80. The predicted octanol–water partition coefficient (Wildman–Crippen LogP) is 2.57. The number of nitrogens with one attached hydrogen (secondary N) is 2. The number of H-pyrrole nitrogens is 1. The molecule has 0 aliphatic heterocycles. The van der Waals surface area contributed by atoms with Crippen LogP contribution in [0.2, 0.25) is 0 Å². The number of hydrogen-bond acceptors (Lipinski definition) is 6. The monoisotopic (exact) mass is 459 g/mol. The SMILES string of the molecule is N#Cc1ccc(N(CCNC=O)CCC(F)C(F)(F)c2nc3c(O)cccc3c(=O)[nH]2)cc1. The molecule has 0 aliphatic carbocycles. The van der Waals surface area contributed by atoms with E-state index >= 15 is 0 Å². The van der Waals surface area contributed by atoms with Crippen molar-refractivity contribution in [3.05, 3.63) is 64.2 Å². The van der Waals surface area contributed by atoms with Crippen LogP contribution in [0.3, 0.4) is 0 Å². The Hall–Kier alpha value is -4.07. The Bertz CT molecular complexity index is 1220. The van der Waals surface area contributed by atoms with Crippen molar-refractivity contribution in [3.63, 3.8) is 0 Å². The second-order valence-corrected chi connectivity index (χ2v) is 7.18. The number of aromatic amines is 1. The van der Waals surface area contributed by atoms with Gasteiger partial charge in [-0.2, -0.15) is 14.0 Å². The Kier molecular flexibility index (Phi) is 7.17. The van der Waals surface area contributed by atoms with Crippen molar-refractivity contribution in [3.8, 4) is 11.8 Å². The summed E-state index contributed by atoms with van der Waals surface area (Å²) in [6.45, 7) is 0.254. The van der Waals surface area contributed by atoms with Crippen molar-refractivity contribution < 1.29 is 23.1 Å². The van der Waals surface area contributed by atoms with Crippen molar-refractivity contribution in [2.45, 2.75) is 18.5 Å². The van der Waals surface area contributed by atoms with Gasteiger partial charge < -0.3 is 20.3 Å². The summed E-state index contributed by atoms with van der Waals surface area (Å²) in [4.78, 5) is 29.8. The minimum absolute atomic E-state index is 0.0976. The molecule has 1 aromatic heterocycles. The van der Waals surface area contributed by atoms with Gasteiger partial charge in [-0.3, -0.25) is 9.59 Å². The molecule has 2 aromatic carbocycles. The van der Waals surface area contributed by atoms with Crippen LogP contribution in [-0.4, -0.2) is 47.3 Å². The number of rotatable bonds is 10. The van der Waals surface area contributed by atoms with Gasteiger partial charge >= 0.3 is 5.92 Å². The summed E-state index contributed by atoms with van der Waals surface area (Å²) in [5.74, 6) is -5.78. The van der Waals surface area contributed by atoms with E-state index in [0.717, 1.165) is 0 Å². The van der Waals surface area contributed by atoms with Gasteiger partial charge in [0.25, 0.3) is 5.56 Å². The molecule has 3 N–H and O–H groups in total. The number of halogens is 3. The molecule has 33 heavy (non-hydrogen) atoms. The summed E-state index contributed by atoms with van der Waals surface area (Å²) < 4.78 is 44.5. The first-order valence-electron chi connectivity index (χ1n) is 9.94. The largest absolute Gasteiger partial charge is 0.506 e. The molecule has 3 rings (SSSR count). The number of fused-ring (bicyclic) bond motifs is 1. The van der Waals surface area contributed by atoms with Gasteiger partial charge in [-0.05, 0) is 36.4 Å². The molecule has 172 valence electrons. The first-order valence-corrected chi connectivity index (χ1v) is 9.94. The van der Waals surface area contributed by atoms with Gasteiger partial charge in [-0.15, -0.1) is 0 Å². The number of nitrogens with zero attached hydrogens (tertiary/aromatic N) is 3. The highest BCUT2D eigenvalue weighted by Gasteiger charge is 2.45. The highest BCUT2D eigenvalue weighted by molar-refractivity contribution is 5.83. The van der Waals surface area contributed by atoms with Gasteiger partial charge in [-0.25, -0.2) is 9.37 Å². The van der Waals surface area contributed by atoms with Crippen molar-refractivity contribution in [1.29, 1.82) is 5.26 Å². The lowest BCUT2D eigenvalue weighted by Crippen LogP contribution is -2.37. The van der Waals surface area contributed by atoms with Crippen LogP contribution in [0.5, 0.6) is 5.75 Å². The Morgan fingerprint density at radius 2 is 1.97 bits per heavy atom. The number of aromatic nitrogens is 2. The van der Waals surface area contributed by atoms with Gasteiger partial charge in [0.05, 0.1) is 17.0 Å². The molecule has 0 saturated heterocycles. The Labute approximate surface area is 186 Å². The summed E-state index contributed by atoms with van der Waals surface area (Å²) in [5, 5.41) is 21.1. The van der Waals surface area contributed by atoms with Gasteiger partial charge in [0.2, 0.25) is 6.41 Å². The van der Waals surface area contributed by atoms with Gasteiger partial charge in [-0.1, -0.05) is 6.07 Å². The minimum atomic E-state index is -4.13. The smallest absolute Gasteiger partial charge is 0.335 e. The number of carbonyl (C=O) groups is 1. The molecule has 8 nitrogen and oxygen atoms in total. The number of carbonyl (C=O) groups excluding carboxylic acids is 1. The van der Waals surface area contributed by atoms with E-state index in [4.69, 9.17) is 5.26 Å². The average Bonchev–Trinajstić information content (AvgIpc) is 2.81. The topological polar surface area (TPSA) is 122 Å². The van der Waals surface area contributed by atoms with Gasteiger partial charge in [0.15, 0.2) is 12.0 Å². The Morgan fingerprint density at radius 1 is 1.24 bits per heavy atom. The summed E-state index contributed by atoms with van der Waals surface area (Å²) in [5.41, 5.74) is -0.312. The fraction of sp³-hybridized carbons (Fsp3) is 0.273. The van der Waals surface area contributed by atoms with Gasteiger partial charge in [0, 0.05) is 31.7 Å². The molecular formula is C22H20F3N5O3. The second kappa shape index (κ2) is 10.0. The molecule has 3 aromatic rings. The lowest BCUT2D eigenvalue weighted by Gasteiger charge is -2.27. The number of amides is 1. The molecule has 0 fully saturated rings. The van der Waals surface area contributed by atoms with E-state index in [-0.39, 0.29) is 30.5 Å². The summed E-state index contributed by atoms with van der Waals surface area (Å²) >= 11 is 0. The summed E-state index contributed by atoms with van der Waals surface area (Å²) in [7, 11) is 0. The lowest BCUT2D eigenvalue weighted by molar-refractivity contribution is -0.109. The third-order valence-corrected chi connectivity index (χ3v) is 5.05. The molecule has 0 aliphatic rings. The second-order valence-electron chi connectivity index (χ2n) is 7.18. The van der Waals surface area contributed by atoms with Crippen LogP contribution >= 0.6 is 0 Å². The first kappa shape index (κ1) is 23.6. The van der Waals surface area contributed by atoms with Crippen molar-refractivity contribution in [2.24, 2.45) is 0 Å². The van der Waals surface area contributed by atoms with Gasteiger partial charge in [0.1, 0.15) is 11.3 Å². The fourth-order valence-electron chi connectivity index (χ4n) is 3.28. The van der Waals surface area contributed by atoms with Crippen LogP contribution in [0.15, 0.2) is 47.3 Å². The standard InChI is InChI=1S/C22H20F3N5O3/c23-18(8-10-30(11-9-27-13-31)15-6-4-14(12-26)5-7-15)22(24,25)21-28-19-16(20(33)29-21)2-1-3-17(19)32/h1-7,13,18,32H,8-11H2,(H,27,31)(H,28,29,33). The first-order chi connectivity index (χ1) is 15.8. The molecule has 1 atom stereocenters. The van der Waals surface area contributed by atoms with E-state index < -0.39 is 35.6 Å². The molecule has 1 heterocycles. The number of alkyl halides is 3. The molecule has 0 saturated carbocycles. The fourth-order valence-corrected chi connectivity index (χ4v) is 3.28. The molecule has 1 amide bonds. The number of aromatic hydroxyl groups is 1. The third kappa shape index (κ3) is 5.23. The molecule has 1 unspecified atom stereocenters. The number of nitriles is 1. The van der Waals surface area contributed by atoms with Crippen molar-refractivity contribution in [2.75, 3.05) is 24.5 Å². The predicted molar refractivity (Wildman–Crippen MR) is 115 cm³/mol. The van der Waals surface area contributed by atoms with E-state index in [0.29, 0.717) is 17.7 Å². The zero-order valence-electron chi connectivity index (χ0n) is 17.3. The van der Waals surface area contributed by atoms with Crippen LogP contribution in [0, 0.1) is 11.3 Å². The summed E-state index contributed by atoms with van der Waals surface area (Å²) in [6.07, 6.45) is -2.85. The van der Waals surface area contributed by atoms with Crippen LogP contribution < -0.4 is 15.8 Å². The van der Waals surface area contributed by atoms with Crippen LogP contribution in [0.25, 0.3) is 10.9 Å². The molecular weight excluding hydrogens is 439 g/mol. The third-order valence-electron chi connectivity index (χ3n) is 5.05. The number of para-hydroxylation sites is 1. The average molecular weight is 459 g/mol. The molecule has 11 heteroatoms. The Morgan fingerprint density at radius 3 is 2.64 bits per heavy atom. The van der Waals surface area contributed by atoms with Crippen molar-refractivity contribution in [1.82, 2.24) is 15.3 Å². The number of phenols is 1. The van der Waals surface area contributed by atoms with Crippen LogP contribution in [0.1, 0.15) is 17.8 Å². The van der Waals surface area contributed by atoms with E-state index in [9.17, 15) is 27.9 Å². The maximum atomic E-state index is 14.8. The normalized spacial score (nSPS) is 12.2. The zero-order valence-corrected chi connectivity index (χ0v) is 17.3. The number of benzene rings is 2. The molecule has 0 spiro atoms. The quantitative estimate of drug-likeness (QED) is 0.316.